The van der Waals surface area contributed by atoms with E-state index in [2.05, 4.69) is 10.1 Å². The maximum absolute atomic E-state index is 11.3. The second-order valence-electron chi connectivity index (χ2n) is 4.79. The van der Waals surface area contributed by atoms with Crippen molar-refractivity contribution in [3.63, 3.8) is 0 Å². The molecule has 0 spiro atoms. The number of carboxylic acid groups (broad SMARTS) is 1. The van der Waals surface area contributed by atoms with Gasteiger partial charge in [-0.1, -0.05) is 0 Å². The summed E-state index contributed by atoms with van der Waals surface area (Å²) < 4.78 is 4.70. The Bertz CT molecular complexity index is 350. The van der Waals surface area contributed by atoms with E-state index in [0.717, 1.165) is 5.01 Å². The number of carbonyl (C=O) groups is 2. The summed E-state index contributed by atoms with van der Waals surface area (Å²) in [4.78, 5) is 26.2. The maximum Gasteiger partial charge on any atom is 0.314 e. The van der Waals surface area contributed by atoms with Crippen molar-refractivity contribution >= 4 is 11.9 Å². The molecule has 9 heteroatoms. The highest BCUT2D eigenvalue weighted by atomic mass is 16.8. The van der Waals surface area contributed by atoms with E-state index in [0.29, 0.717) is 0 Å². The van der Waals surface area contributed by atoms with Gasteiger partial charge in [0.25, 0.3) is 6.79 Å². The van der Waals surface area contributed by atoms with Crippen molar-refractivity contribution in [1.29, 1.82) is 0 Å². The van der Waals surface area contributed by atoms with E-state index >= 15 is 0 Å². The summed E-state index contributed by atoms with van der Waals surface area (Å²) in [6.07, 6.45) is -0.205. The third kappa shape index (κ3) is 7.79. The topological polar surface area (TPSA) is 114 Å². The number of carboxylic acids is 1. The fourth-order valence-corrected chi connectivity index (χ4v) is 0.775. The fraction of sp³-hybridized carbons (Fsp3) is 0.800. The number of aliphatic carboxylic acids is 1. The Kier molecular flexibility index (Phi) is 6.59. The first-order valence-electron chi connectivity index (χ1n) is 5.55. The molecule has 19 heavy (non-hydrogen) atoms. The molecule has 0 aromatic rings. The fourth-order valence-electron chi connectivity index (χ4n) is 0.775. The molecule has 0 amide bonds. The van der Waals surface area contributed by atoms with Gasteiger partial charge in [-0.2, -0.15) is 0 Å². The maximum atomic E-state index is 11.3. The zero-order chi connectivity index (χ0) is 15.1. The standard InChI is InChI=1S/C10H19N3O6/c1-10(2,3)9(16)18-7-19-11-13(17)12(4)6-5-8(14)15/h5-7H2,1-4H3,(H,14,15). The highest BCUT2D eigenvalue weighted by Crippen LogP contribution is 2.14. The van der Waals surface area contributed by atoms with Crippen LogP contribution in [-0.4, -0.2) is 47.4 Å². The number of hydrogen-bond acceptors (Lipinski definition) is 6. The summed E-state index contributed by atoms with van der Waals surface area (Å²) in [6, 6.07) is 0. The highest BCUT2D eigenvalue weighted by molar-refractivity contribution is 5.75. The lowest BCUT2D eigenvalue weighted by molar-refractivity contribution is -0.706. The van der Waals surface area contributed by atoms with Gasteiger partial charge in [-0.05, 0) is 20.8 Å². The molecule has 1 N–H and O–H groups in total. The molecule has 0 saturated carbocycles. The van der Waals surface area contributed by atoms with E-state index < -0.39 is 24.1 Å². The second kappa shape index (κ2) is 7.39. The Labute approximate surface area is 110 Å². The minimum Gasteiger partial charge on any atom is -0.569 e. The number of hydrazine groups is 1. The van der Waals surface area contributed by atoms with Gasteiger partial charge in [0.1, 0.15) is 0 Å². The monoisotopic (exact) mass is 277 g/mol. The van der Waals surface area contributed by atoms with Gasteiger partial charge in [0.15, 0.2) is 0 Å². The van der Waals surface area contributed by atoms with Crippen LogP contribution >= 0.6 is 0 Å². The van der Waals surface area contributed by atoms with Gasteiger partial charge in [0.05, 0.1) is 30.4 Å². The third-order valence-corrected chi connectivity index (χ3v) is 1.92. The van der Waals surface area contributed by atoms with Crippen LogP contribution in [0.4, 0.5) is 0 Å². The van der Waals surface area contributed by atoms with Gasteiger partial charge >= 0.3 is 11.9 Å². The largest absolute Gasteiger partial charge is 0.569 e. The van der Waals surface area contributed by atoms with E-state index in [1.54, 1.807) is 20.8 Å². The van der Waals surface area contributed by atoms with Crippen molar-refractivity contribution in [2.45, 2.75) is 27.2 Å². The molecular weight excluding hydrogens is 258 g/mol. The summed E-state index contributed by atoms with van der Waals surface area (Å²) in [7, 11) is 1.35. The molecule has 9 nitrogen and oxygen atoms in total. The van der Waals surface area contributed by atoms with Gasteiger partial charge < -0.3 is 19.9 Å². The van der Waals surface area contributed by atoms with Gasteiger partial charge in [-0.3, -0.25) is 9.59 Å². The molecular formula is C10H19N3O6. The molecule has 0 heterocycles. The molecule has 110 valence electrons. The van der Waals surface area contributed by atoms with E-state index in [1.165, 1.54) is 7.05 Å². The van der Waals surface area contributed by atoms with Crippen LogP contribution < -0.4 is 0 Å². The quantitative estimate of drug-likeness (QED) is 0.182. The Balaban J connectivity index is 3.99. The summed E-state index contributed by atoms with van der Waals surface area (Å²) in [5, 5.41) is 23.7. The first-order chi connectivity index (χ1) is 8.64. The summed E-state index contributed by atoms with van der Waals surface area (Å²) in [6.45, 7) is 4.51. The average Bonchev–Trinajstić information content (AvgIpc) is 2.29. The van der Waals surface area contributed by atoms with E-state index in [-0.39, 0.29) is 17.9 Å². The van der Waals surface area contributed by atoms with Crippen LogP contribution in [0.2, 0.25) is 0 Å². The molecule has 0 saturated heterocycles. The lowest BCUT2D eigenvalue weighted by Crippen LogP contribution is -2.29. The normalized spacial score (nSPS) is 11.9. The molecule has 0 bridgehead atoms. The van der Waals surface area contributed by atoms with Crippen molar-refractivity contribution in [3.8, 4) is 0 Å². The number of carbonyl (C=O) groups excluding carboxylic acids is 1. The first-order valence-corrected chi connectivity index (χ1v) is 5.55. The zero-order valence-corrected chi connectivity index (χ0v) is 11.5. The van der Waals surface area contributed by atoms with Gasteiger partial charge in [0, 0.05) is 0 Å². The van der Waals surface area contributed by atoms with Crippen molar-refractivity contribution < 1.29 is 29.2 Å². The van der Waals surface area contributed by atoms with E-state index in [4.69, 9.17) is 9.84 Å². The average molecular weight is 277 g/mol. The summed E-state index contributed by atoms with van der Waals surface area (Å²) >= 11 is 0. The number of hydrogen-bond donors (Lipinski definition) is 1. The lowest BCUT2D eigenvalue weighted by Gasteiger charge is -2.15. The molecule has 0 aromatic heterocycles. The third-order valence-electron chi connectivity index (χ3n) is 1.92. The number of esters is 1. The Hall–Kier alpha value is -2.06. The summed E-state index contributed by atoms with van der Waals surface area (Å²) in [5.74, 6) is -1.51. The van der Waals surface area contributed by atoms with E-state index in [9.17, 15) is 14.8 Å². The van der Waals surface area contributed by atoms with Crippen molar-refractivity contribution in [2.24, 2.45) is 10.7 Å². The van der Waals surface area contributed by atoms with Crippen LogP contribution in [0.1, 0.15) is 27.2 Å². The van der Waals surface area contributed by atoms with Gasteiger partial charge in [-0.15, -0.1) is 5.01 Å². The zero-order valence-electron chi connectivity index (χ0n) is 11.5. The van der Waals surface area contributed by atoms with Crippen LogP contribution in [-0.2, 0) is 19.2 Å². The van der Waals surface area contributed by atoms with Gasteiger partial charge in [0.2, 0.25) is 5.28 Å². The van der Waals surface area contributed by atoms with Crippen molar-refractivity contribution in [3.05, 3.63) is 5.21 Å². The molecule has 0 aliphatic rings. The number of ether oxygens (including phenoxy) is 1. The van der Waals surface area contributed by atoms with Crippen LogP contribution in [0.25, 0.3) is 0 Å². The second-order valence-corrected chi connectivity index (χ2v) is 4.79. The minimum absolute atomic E-state index is 0.0204. The van der Waals surface area contributed by atoms with Crippen molar-refractivity contribution in [2.75, 3.05) is 20.4 Å². The molecule has 0 aromatic carbocycles. The lowest BCUT2D eigenvalue weighted by atomic mass is 9.98. The minimum atomic E-state index is -1.03. The molecule has 0 aliphatic heterocycles. The highest BCUT2D eigenvalue weighted by Gasteiger charge is 2.23. The molecule has 0 unspecified atom stereocenters. The van der Waals surface area contributed by atoms with Crippen LogP contribution in [0, 0.1) is 10.6 Å². The Morgan fingerprint density at radius 3 is 2.47 bits per heavy atom. The van der Waals surface area contributed by atoms with E-state index in [1.807, 2.05) is 0 Å². The summed E-state index contributed by atoms with van der Waals surface area (Å²) in [5.41, 5.74) is -0.668. The Morgan fingerprint density at radius 1 is 1.42 bits per heavy atom. The number of rotatable bonds is 7. The predicted octanol–water partition coefficient (Wildman–Crippen LogP) is 0.749. The number of nitrogens with zero attached hydrogens (tertiary/aromatic N) is 3. The van der Waals surface area contributed by atoms with Crippen LogP contribution in [0.3, 0.4) is 0 Å². The first kappa shape index (κ1) is 16.9. The van der Waals surface area contributed by atoms with Gasteiger partial charge in [-0.25, -0.2) is 0 Å². The molecule has 0 fully saturated rings. The molecule has 0 radical (unpaired) electrons. The molecule has 0 atom stereocenters. The van der Waals surface area contributed by atoms with Crippen molar-refractivity contribution in [1.82, 2.24) is 5.01 Å². The molecule has 0 aliphatic carbocycles. The molecule has 0 rings (SSSR count). The SMILES string of the molecule is CN(CCC(=O)O)[N+]([O-])=NOCOC(=O)C(C)(C)C. The Morgan fingerprint density at radius 2 is 2.00 bits per heavy atom. The van der Waals surface area contributed by atoms with Crippen LogP contribution in [0.5, 0.6) is 0 Å². The predicted molar refractivity (Wildman–Crippen MR) is 62.4 cm³/mol. The van der Waals surface area contributed by atoms with Crippen LogP contribution in [0.15, 0.2) is 5.28 Å². The smallest absolute Gasteiger partial charge is 0.314 e.